The van der Waals surface area contributed by atoms with E-state index in [0.29, 0.717) is 6.04 Å². The van der Waals surface area contributed by atoms with Gasteiger partial charge in [0, 0.05) is 17.6 Å². The van der Waals surface area contributed by atoms with Crippen molar-refractivity contribution in [1.82, 2.24) is 10.3 Å². The van der Waals surface area contributed by atoms with Crippen molar-refractivity contribution in [2.45, 2.75) is 19.4 Å². The van der Waals surface area contributed by atoms with E-state index in [1.54, 1.807) is 0 Å². The normalized spacial score (nSPS) is 12.5. The summed E-state index contributed by atoms with van der Waals surface area (Å²) in [6.45, 7) is 2.17. The lowest BCUT2D eigenvalue weighted by molar-refractivity contribution is 0.652. The molecule has 3 rings (SSSR count). The zero-order chi connectivity index (χ0) is 14.7. The molecule has 0 aliphatic heterocycles. The largest absolute Gasteiger partial charge is 0.313 e. The Morgan fingerprint density at radius 2 is 1.76 bits per heavy atom. The van der Waals surface area contributed by atoms with E-state index in [2.05, 4.69) is 65.8 Å². The van der Waals surface area contributed by atoms with Crippen molar-refractivity contribution in [2.24, 2.45) is 0 Å². The van der Waals surface area contributed by atoms with Crippen molar-refractivity contribution in [2.75, 3.05) is 7.05 Å². The highest BCUT2D eigenvalue weighted by Gasteiger charge is 2.05. The van der Waals surface area contributed by atoms with Crippen molar-refractivity contribution in [3.63, 3.8) is 0 Å². The van der Waals surface area contributed by atoms with Gasteiger partial charge in [0.05, 0.1) is 5.52 Å². The van der Waals surface area contributed by atoms with Crippen LogP contribution in [0.5, 0.6) is 0 Å². The number of nitrogens with zero attached hydrogens (tertiary/aromatic N) is 1. The number of benzene rings is 2. The van der Waals surface area contributed by atoms with Crippen LogP contribution in [0.3, 0.4) is 0 Å². The summed E-state index contributed by atoms with van der Waals surface area (Å²) in [6, 6.07) is 19.7. The number of nitrogens with one attached hydrogen (secondary N) is 1. The lowest BCUT2D eigenvalue weighted by Crippen LogP contribution is -2.12. The first-order chi connectivity index (χ1) is 10.3. The van der Waals surface area contributed by atoms with E-state index in [1.807, 2.05) is 19.3 Å². The number of rotatable bonds is 4. The first-order valence-corrected chi connectivity index (χ1v) is 7.36. The molecule has 21 heavy (non-hydrogen) atoms. The van der Waals surface area contributed by atoms with Gasteiger partial charge < -0.3 is 5.32 Å². The number of fused-ring (bicyclic) bond motifs is 1. The minimum Gasteiger partial charge on any atom is -0.313 e. The summed E-state index contributed by atoms with van der Waals surface area (Å²) in [7, 11) is 1.99. The van der Waals surface area contributed by atoms with Gasteiger partial charge in [0.1, 0.15) is 0 Å². The van der Waals surface area contributed by atoms with E-state index in [1.165, 1.54) is 22.1 Å². The van der Waals surface area contributed by atoms with Crippen molar-refractivity contribution < 1.29 is 0 Å². The van der Waals surface area contributed by atoms with Crippen LogP contribution in [-0.4, -0.2) is 12.0 Å². The summed E-state index contributed by atoms with van der Waals surface area (Å²) in [6.07, 6.45) is 2.84. The van der Waals surface area contributed by atoms with Crippen molar-refractivity contribution in [3.05, 3.63) is 77.5 Å². The van der Waals surface area contributed by atoms with E-state index >= 15 is 0 Å². The summed E-state index contributed by atoms with van der Waals surface area (Å²) in [4.78, 5) is 4.42. The molecule has 0 saturated heterocycles. The van der Waals surface area contributed by atoms with Gasteiger partial charge in [0.15, 0.2) is 0 Å². The topological polar surface area (TPSA) is 24.9 Å². The summed E-state index contributed by atoms with van der Waals surface area (Å²) in [5.74, 6) is 0. The SMILES string of the molecule is CNC(C)c1ccc(Cc2ccnc3ccccc23)cc1. The monoisotopic (exact) mass is 276 g/mol. The number of pyridine rings is 1. The highest BCUT2D eigenvalue weighted by molar-refractivity contribution is 5.82. The second-order valence-corrected chi connectivity index (χ2v) is 5.42. The standard InChI is InChI=1S/C19H20N2/c1-14(20-2)16-9-7-15(8-10-16)13-17-11-12-21-19-6-4-3-5-18(17)19/h3-12,14,20H,13H2,1-2H3. The molecule has 106 valence electrons. The maximum atomic E-state index is 4.42. The van der Waals surface area contributed by atoms with Crippen molar-refractivity contribution >= 4 is 10.9 Å². The summed E-state index contributed by atoms with van der Waals surface area (Å²) >= 11 is 0. The third kappa shape index (κ3) is 2.96. The van der Waals surface area contributed by atoms with Crippen LogP contribution in [0.4, 0.5) is 0 Å². The average Bonchev–Trinajstić information content (AvgIpc) is 2.55. The first kappa shape index (κ1) is 13.8. The maximum absolute atomic E-state index is 4.42. The fraction of sp³-hybridized carbons (Fsp3) is 0.211. The van der Waals surface area contributed by atoms with E-state index < -0.39 is 0 Å². The predicted molar refractivity (Wildman–Crippen MR) is 88.5 cm³/mol. The molecule has 0 aliphatic rings. The average molecular weight is 276 g/mol. The molecule has 0 saturated carbocycles. The van der Waals surface area contributed by atoms with Crippen LogP contribution in [0.1, 0.15) is 29.7 Å². The minimum atomic E-state index is 0.390. The highest BCUT2D eigenvalue weighted by atomic mass is 14.8. The summed E-state index contributed by atoms with van der Waals surface area (Å²) in [5.41, 5.74) is 5.05. The van der Waals surface area contributed by atoms with Crippen LogP contribution in [0.15, 0.2) is 60.8 Å². The molecule has 2 heteroatoms. The van der Waals surface area contributed by atoms with Gasteiger partial charge in [0.25, 0.3) is 0 Å². The van der Waals surface area contributed by atoms with Crippen molar-refractivity contribution in [1.29, 1.82) is 0 Å². The first-order valence-electron chi connectivity index (χ1n) is 7.36. The quantitative estimate of drug-likeness (QED) is 0.776. The zero-order valence-corrected chi connectivity index (χ0v) is 12.5. The third-order valence-electron chi connectivity index (χ3n) is 4.05. The fourth-order valence-corrected chi connectivity index (χ4v) is 2.62. The van der Waals surface area contributed by atoms with Crippen LogP contribution in [0.25, 0.3) is 10.9 Å². The summed E-state index contributed by atoms with van der Waals surface area (Å²) < 4.78 is 0. The van der Waals surface area contributed by atoms with Crippen LogP contribution in [0, 0.1) is 0 Å². The molecule has 2 aromatic carbocycles. The number of hydrogen-bond acceptors (Lipinski definition) is 2. The third-order valence-corrected chi connectivity index (χ3v) is 4.05. The molecular weight excluding hydrogens is 256 g/mol. The lowest BCUT2D eigenvalue weighted by atomic mass is 9.99. The Bertz CT molecular complexity index is 727. The molecule has 1 unspecified atom stereocenters. The number of hydrogen-bond donors (Lipinski definition) is 1. The Morgan fingerprint density at radius 1 is 1.00 bits per heavy atom. The smallest absolute Gasteiger partial charge is 0.0704 e. The van der Waals surface area contributed by atoms with Crippen LogP contribution < -0.4 is 5.32 Å². The molecule has 2 nitrogen and oxygen atoms in total. The zero-order valence-electron chi connectivity index (χ0n) is 12.5. The number of aromatic nitrogens is 1. The molecule has 3 aromatic rings. The second-order valence-electron chi connectivity index (χ2n) is 5.42. The van der Waals surface area contributed by atoms with E-state index in [4.69, 9.17) is 0 Å². The molecule has 0 amide bonds. The molecule has 1 heterocycles. The Morgan fingerprint density at radius 3 is 2.52 bits per heavy atom. The van der Waals surface area contributed by atoms with Gasteiger partial charge in [-0.1, -0.05) is 42.5 Å². The lowest BCUT2D eigenvalue weighted by Gasteiger charge is -2.11. The van der Waals surface area contributed by atoms with Gasteiger partial charge >= 0.3 is 0 Å². The van der Waals surface area contributed by atoms with Crippen LogP contribution in [0.2, 0.25) is 0 Å². The van der Waals surface area contributed by atoms with Gasteiger partial charge in [-0.3, -0.25) is 4.98 Å². The van der Waals surface area contributed by atoms with Gasteiger partial charge in [-0.15, -0.1) is 0 Å². The van der Waals surface area contributed by atoms with Gasteiger partial charge in [0.2, 0.25) is 0 Å². The van der Waals surface area contributed by atoms with Gasteiger partial charge in [-0.05, 0) is 49.2 Å². The molecule has 0 bridgehead atoms. The molecule has 1 aromatic heterocycles. The van der Waals surface area contributed by atoms with Gasteiger partial charge in [-0.2, -0.15) is 0 Å². The van der Waals surface area contributed by atoms with E-state index in [0.717, 1.165) is 11.9 Å². The molecule has 0 radical (unpaired) electrons. The maximum Gasteiger partial charge on any atom is 0.0704 e. The Labute approximate surface area is 125 Å². The highest BCUT2D eigenvalue weighted by Crippen LogP contribution is 2.20. The molecule has 0 spiro atoms. The molecule has 1 atom stereocenters. The van der Waals surface area contributed by atoms with Crippen molar-refractivity contribution in [3.8, 4) is 0 Å². The Balaban J connectivity index is 1.88. The molecule has 0 fully saturated rings. The van der Waals surface area contributed by atoms with E-state index in [9.17, 15) is 0 Å². The molecule has 0 aliphatic carbocycles. The predicted octanol–water partition coefficient (Wildman–Crippen LogP) is 4.11. The van der Waals surface area contributed by atoms with Gasteiger partial charge in [-0.25, -0.2) is 0 Å². The Kier molecular flexibility index (Phi) is 3.98. The minimum absolute atomic E-state index is 0.390. The van der Waals surface area contributed by atoms with Crippen LogP contribution >= 0.6 is 0 Å². The molecular formula is C19H20N2. The second kappa shape index (κ2) is 6.06. The summed E-state index contributed by atoms with van der Waals surface area (Å²) in [5, 5.41) is 4.51. The number of para-hydroxylation sites is 1. The fourth-order valence-electron chi connectivity index (χ4n) is 2.62. The van der Waals surface area contributed by atoms with E-state index in [-0.39, 0.29) is 0 Å². The Hall–Kier alpha value is -2.19. The van der Waals surface area contributed by atoms with Crippen LogP contribution in [-0.2, 0) is 6.42 Å². The molecule has 1 N–H and O–H groups in total.